The van der Waals surface area contributed by atoms with E-state index in [1.165, 1.54) is 6.07 Å². The summed E-state index contributed by atoms with van der Waals surface area (Å²) in [6.07, 6.45) is 0. The molecule has 0 saturated carbocycles. The van der Waals surface area contributed by atoms with Crippen LogP contribution in [0.4, 0.5) is 11.4 Å². The maximum Gasteiger partial charge on any atom is 0.285 e. The van der Waals surface area contributed by atoms with Gasteiger partial charge in [-0.05, 0) is 60.0 Å². The molecule has 3 aromatic carbocycles. The smallest absolute Gasteiger partial charge is 0.285 e. The minimum atomic E-state index is -3.68. The molecule has 2 N–H and O–H groups in total. The first-order chi connectivity index (χ1) is 14.3. The van der Waals surface area contributed by atoms with Crippen LogP contribution >= 0.6 is 0 Å². The van der Waals surface area contributed by atoms with E-state index in [9.17, 15) is 13.2 Å². The van der Waals surface area contributed by atoms with Crippen LogP contribution in [0.15, 0.2) is 82.1 Å². The van der Waals surface area contributed by atoms with E-state index < -0.39 is 10.0 Å². The number of nitrogens with zero attached hydrogens (tertiary/aromatic N) is 1. The van der Waals surface area contributed by atoms with Gasteiger partial charge in [-0.15, -0.1) is 4.40 Å². The summed E-state index contributed by atoms with van der Waals surface area (Å²) < 4.78 is 28.1. The highest BCUT2D eigenvalue weighted by molar-refractivity contribution is 7.90. The van der Waals surface area contributed by atoms with E-state index in [0.717, 1.165) is 11.3 Å². The van der Waals surface area contributed by atoms with Crippen LogP contribution in [0.1, 0.15) is 41.3 Å². The molecule has 1 amide bonds. The van der Waals surface area contributed by atoms with E-state index in [2.05, 4.69) is 28.9 Å². The number of carbonyl (C=O) groups is 1. The maximum absolute atomic E-state index is 12.6. The average Bonchev–Trinajstić information content (AvgIpc) is 2.99. The van der Waals surface area contributed by atoms with Crippen molar-refractivity contribution in [2.75, 3.05) is 10.6 Å². The lowest BCUT2D eigenvalue weighted by Crippen LogP contribution is -2.13. The Morgan fingerprint density at radius 2 is 1.63 bits per heavy atom. The monoisotopic (exact) mass is 419 g/mol. The van der Waals surface area contributed by atoms with Gasteiger partial charge in [0.25, 0.3) is 15.9 Å². The molecule has 0 saturated heterocycles. The number of hydrogen-bond donors (Lipinski definition) is 2. The Bertz CT molecular complexity index is 1250. The third-order valence-electron chi connectivity index (χ3n) is 4.85. The van der Waals surface area contributed by atoms with Crippen molar-refractivity contribution in [3.8, 4) is 0 Å². The molecule has 30 heavy (non-hydrogen) atoms. The summed E-state index contributed by atoms with van der Waals surface area (Å²) in [6.45, 7) is 4.20. The standard InChI is InChI=1S/C23H21N3O3S/c1-15(2)17-6-5-7-19(14-17)25-23(27)16-10-12-18(13-11-16)24-22-20-8-3-4-9-21(20)30(28,29)26-22/h3-15H,1-2H3,(H,24,26)(H,25,27). The minimum Gasteiger partial charge on any atom is -0.339 e. The topological polar surface area (TPSA) is 87.6 Å². The highest BCUT2D eigenvalue weighted by atomic mass is 32.2. The van der Waals surface area contributed by atoms with Crippen molar-refractivity contribution in [2.45, 2.75) is 24.7 Å². The molecule has 0 bridgehead atoms. The van der Waals surface area contributed by atoms with Crippen LogP contribution in [-0.2, 0) is 10.0 Å². The van der Waals surface area contributed by atoms with Crippen LogP contribution < -0.4 is 10.6 Å². The summed E-state index contributed by atoms with van der Waals surface area (Å²) in [4.78, 5) is 12.8. The Labute approximate surface area is 175 Å². The average molecular weight is 420 g/mol. The van der Waals surface area contributed by atoms with E-state index in [0.29, 0.717) is 22.7 Å². The first-order valence-electron chi connectivity index (χ1n) is 9.56. The predicted molar refractivity (Wildman–Crippen MR) is 119 cm³/mol. The number of sulfonamides is 1. The Morgan fingerprint density at radius 3 is 2.37 bits per heavy atom. The molecule has 0 atom stereocenters. The number of rotatable bonds is 4. The molecule has 3 aromatic rings. The zero-order chi connectivity index (χ0) is 21.3. The Kier molecular flexibility index (Phi) is 5.13. The lowest BCUT2D eigenvalue weighted by molar-refractivity contribution is 0.102. The van der Waals surface area contributed by atoms with Gasteiger partial charge in [0.2, 0.25) is 0 Å². The molecule has 152 valence electrons. The van der Waals surface area contributed by atoms with Gasteiger partial charge in [-0.3, -0.25) is 4.79 Å². The molecule has 4 rings (SSSR count). The van der Waals surface area contributed by atoms with Gasteiger partial charge in [0.1, 0.15) is 4.90 Å². The molecule has 0 unspecified atom stereocenters. The number of nitrogens with one attached hydrogen (secondary N) is 2. The minimum absolute atomic E-state index is 0.187. The van der Waals surface area contributed by atoms with Crippen LogP contribution in [0.3, 0.4) is 0 Å². The van der Waals surface area contributed by atoms with Gasteiger partial charge in [0, 0.05) is 22.5 Å². The molecule has 1 aliphatic heterocycles. The first-order valence-corrected chi connectivity index (χ1v) is 11.0. The molecule has 7 heteroatoms. The van der Waals surface area contributed by atoms with Crippen LogP contribution in [0.2, 0.25) is 0 Å². The Balaban J connectivity index is 1.49. The van der Waals surface area contributed by atoms with Crippen molar-refractivity contribution >= 4 is 33.1 Å². The Hall–Kier alpha value is -3.45. The van der Waals surface area contributed by atoms with E-state index in [1.807, 2.05) is 24.3 Å². The van der Waals surface area contributed by atoms with Gasteiger partial charge in [-0.25, -0.2) is 0 Å². The largest absolute Gasteiger partial charge is 0.339 e. The van der Waals surface area contributed by atoms with Crippen LogP contribution in [-0.4, -0.2) is 20.2 Å². The molecule has 0 fully saturated rings. The number of amides is 1. The molecule has 0 aliphatic carbocycles. The summed E-state index contributed by atoms with van der Waals surface area (Å²) in [5.41, 5.74) is 3.57. The fraction of sp³-hybridized carbons (Fsp3) is 0.130. The van der Waals surface area contributed by atoms with Gasteiger partial charge >= 0.3 is 0 Å². The number of benzene rings is 3. The molecule has 6 nitrogen and oxygen atoms in total. The fourth-order valence-corrected chi connectivity index (χ4v) is 4.39. The number of carbonyl (C=O) groups excluding carboxylic acids is 1. The summed E-state index contributed by atoms with van der Waals surface area (Å²) >= 11 is 0. The lowest BCUT2D eigenvalue weighted by atomic mass is 10.0. The van der Waals surface area contributed by atoms with Crippen LogP contribution in [0.5, 0.6) is 0 Å². The Morgan fingerprint density at radius 1 is 0.900 bits per heavy atom. The number of anilines is 2. The van der Waals surface area contributed by atoms with Crippen LogP contribution in [0, 0.1) is 0 Å². The van der Waals surface area contributed by atoms with E-state index in [-0.39, 0.29) is 16.6 Å². The van der Waals surface area contributed by atoms with Gasteiger partial charge in [-0.1, -0.05) is 38.1 Å². The summed E-state index contributed by atoms with van der Waals surface area (Å²) in [5, 5.41) is 5.94. The maximum atomic E-state index is 12.6. The van der Waals surface area contributed by atoms with Gasteiger partial charge in [0.15, 0.2) is 5.84 Å². The van der Waals surface area contributed by atoms with E-state index >= 15 is 0 Å². The van der Waals surface area contributed by atoms with Crippen molar-refractivity contribution in [3.05, 3.63) is 89.5 Å². The quantitative estimate of drug-likeness (QED) is 0.646. The summed E-state index contributed by atoms with van der Waals surface area (Å²) in [7, 11) is -3.68. The molecular weight excluding hydrogens is 398 g/mol. The zero-order valence-electron chi connectivity index (χ0n) is 16.6. The third kappa shape index (κ3) is 3.97. The first kappa shape index (κ1) is 19.8. The highest BCUT2D eigenvalue weighted by Crippen LogP contribution is 2.27. The van der Waals surface area contributed by atoms with Crippen LogP contribution in [0.25, 0.3) is 0 Å². The molecule has 0 radical (unpaired) electrons. The van der Waals surface area contributed by atoms with Gasteiger partial charge in [-0.2, -0.15) is 8.42 Å². The second-order valence-corrected chi connectivity index (χ2v) is 8.92. The van der Waals surface area contributed by atoms with Gasteiger partial charge < -0.3 is 10.6 Å². The molecule has 1 aliphatic rings. The van der Waals surface area contributed by atoms with Crippen molar-refractivity contribution in [2.24, 2.45) is 4.40 Å². The van der Waals surface area contributed by atoms with Crippen molar-refractivity contribution in [1.82, 2.24) is 0 Å². The SMILES string of the molecule is CC(C)c1cccc(NC(=O)c2ccc(NC3=NS(=O)(=O)c4ccccc43)cc2)c1. The summed E-state index contributed by atoms with van der Waals surface area (Å²) in [6, 6.07) is 21.2. The number of amidine groups is 1. The van der Waals surface area contributed by atoms with E-state index in [1.54, 1.807) is 42.5 Å². The normalized spacial score (nSPS) is 14.2. The molecule has 0 aromatic heterocycles. The van der Waals surface area contributed by atoms with Crippen molar-refractivity contribution < 1.29 is 13.2 Å². The molecule has 1 heterocycles. The third-order valence-corrected chi connectivity index (χ3v) is 6.19. The summed E-state index contributed by atoms with van der Waals surface area (Å²) in [5.74, 6) is 0.432. The zero-order valence-corrected chi connectivity index (χ0v) is 17.4. The van der Waals surface area contributed by atoms with Crippen molar-refractivity contribution in [1.29, 1.82) is 0 Å². The van der Waals surface area contributed by atoms with Gasteiger partial charge in [0.05, 0.1) is 0 Å². The van der Waals surface area contributed by atoms with Crippen molar-refractivity contribution in [3.63, 3.8) is 0 Å². The highest BCUT2D eigenvalue weighted by Gasteiger charge is 2.28. The lowest BCUT2D eigenvalue weighted by Gasteiger charge is -2.10. The second-order valence-electron chi connectivity index (χ2n) is 7.35. The number of fused-ring (bicyclic) bond motifs is 1. The van der Waals surface area contributed by atoms with E-state index in [4.69, 9.17) is 0 Å². The predicted octanol–water partition coefficient (Wildman–Crippen LogP) is 4.62. The molecular formula is C23H21N3O3S. The fourth-order valence-electron chi connectivity index (χ4n) is 3.22. The molecule has 0 spiro atoms. The second kappa shape index (κ2) is 7.76. The number of hydrogen-bond acceptors (Lipinski definition) is 4.